The number of hydrogen-bond acceptors (Lipinski definition) is 10. The van der Waals surface area contributed by atoms with Gasteiger partial charge < -0.3 is 38.9 Å². The fourth-order valence-corrected chi connectivity index (χ4v) is 10.8. The van der Waals surface area contributed by atoms with Gasteiger partial charge >= 0.3 is 0 Å². The largest absolute Gasteiger partial charge is 0.459 e. The Labute approximate surface area is 382 Å². The zero-order chi connectivity index (χ0) is 44.4. The summed E-state index contributed by atoms with van der Waals surface area (Å²) in [5, 5.41) is 24.9. The number of aliphatic hydroxyl groups excluding tert-OH is 2. The van der Waals surface area contributed by atoms with Crippen LogP contribution in [-0.4, -0.2) is 84.6 Å². The monoisotopic (exact) mass is 889 g/mol. The second kappa shape index (κ2) is 25.4. The van der Waals surface area contributed by atoms with Crippen LogP contribution in [0.25, 0.3) is 0 Å². The van der Waals surface area contributed by atoms with Crippen molar-refractivity contribution in [1.29, 1.82) is 0 Å². The van der Waals surface area contributed by atoms with E-state index in [1.54, 1.807) is 17.8 Å². The number of amides is 1. The minimum Gasteiger partial charge on any atom is -0.459 e. The molecule has 348 valence electrons. The zero-order valence-electron chi connectivity index (χ0n) is 38.5. The number of hydrogen-bond donors (Lipinski definition) is 2. The highest BCUT2D eigenvalue weighted by molar-refractivity contribution is 7.98. The van der Waals surface area contributed by atoms with Crippen LogP contribution in [0.2, 0.25) is 0 Å². The van der Waals surface area contributed by atoms with Crippen LogP contribution in [0, 0.1) is 17.8 Å². The molecule has 1 saturated heterocycles. The first-order valence-electron chi connectivity index (χ1n) is 24.3. The molecular formula is C52H76N2O8S. The van der Waals surface area contributed by atoms with E-state index in [4.69, 9.17) is 28.9 Å². The SMILES string of the molecule is C=CCOC12Oc3ccc(Oc4ccc(SC)cc4)cc3C3C(CCCCO)C(CCCCO)C=C(C(=NOC4CCCCO4)CC1N(C)C(=O)CCCCCCCCCCC)C32. The van der Waals surface area contributed by atoms with Crippen molar-refractivity contribution in [2.75, 3.05) is 39.7 Å². The van der Waals surface area contributed by atoms with Crippen molar-refractivity contribution in [2.45, 2.75) is 164 Å². The van der Waals surface area contributed by atoms with Crippen molar-refractivity contribution >= 4 is 23.4 Å². The third kappa shape index (κ3) is 12.7. The summed E-state index contributed by atoms with van der Waals surface area (Å²) in [6.45, 7) is 7.45. The average Bonchev–Trinajstić information content (AvgIpc) is 3.31. The van der Waals surface area contributed by atoms with Gasteiger partial charge in [0.15, 0.2) is 0 Å². The van der Waals surface area contributed by atoms with E-state index in [9.17, 15) is 15.0 Å². The topological polar surface area (TPSA) is 119 Å². The van der Waals surface area contributed by atoms with Gasteiger partial charge in [-0.1, -0.05) is 88.4 Å². The van der Waals surface area contributed by atoms with Crippen LogP contribution < -0.4 is 9.47 Å². The summed E-state index contributed by atoms with van der Waals surface area (Å²) in [5.41, 5.74) is 2.84. The Morgan fingerprint density at radius 2 is 1.65 bits per heavy atom. The van der Waals surface area contributed by atoms with Crippen LogP contribution in [-0.2, 0) is 19.1 Å². The summed E-state index contributed by atoms with van der Waals surface area (Å²) in [6.07, 6.45) is 24.9. The molecule has 1 saturated carbocycles. The lowest BCUT2D eigenvalue weighted by Gasteiger charge is -2.59. The summed E-state index contributed by atoms with van der Waals surface area (Å²) in [7, 11) is 1.91. The lowest BCUT2D eigenvalue weighted by molar-refractivity contribution is -0.256. The van der Waals surface area contributed by atoms with Gasteiger partial charge in [0.05, 0.1) is 24.8 Å². The van der Waals surface area contributed by atoms with Gasteiger partial charge in [-0.05, 0) is 111 Å². The third-order valence-corrected chi connectivity index (χ3v) is 14.5. The van der Waals surface area contributed by atoms with Gasteiger partial charge in [0.2, 0.25) is 18.0 Å². The highest BCUT2D eigenvalue weighted by Crippen LogP contribution is 2.62. The van der Waals surface area contributed by atoms with Crippen LogP contribution in [0.3, 0.4) is 0 Å². The maximum absolute atomic E-state index is 14.5. The summed E-state index contributed by atoms with van der Waals surface area (Å²) in [5.74, 6) is 0.726. The number of fused-ring (bicyclic) bond motifs is 2. The first-order chi connectivity index (χ1) is 30.9. The maximum Gasteiger partial charge on any atom is 0.239 e. The van der Waals surface area contributed by atoms with Crippen LogP contribution in [0.4, 0.5) is 0 Å². The quantitative estimate of drug-likeness (QED) is 0.0391. The first-order valence-corrected chi connectivity index (χ1v) is 25.5. The lowest BCUT2D eigenvalue weighted by Crippen LogP contribution is -2.69. The average molecular weight is 889 g/mol. The van der Waals surface area contributed by atoms with Crippen LogP contribution >= 0.6 is 11.8 Å². The number of allylic oxidation sites excluding steroid dienone is 1. The number of carbonyl (C=O) groups excluding carboxylic acids is 1. The molecule has 0 radical (unpaired) electrons. The van der Waals surface area contributed by atoms with E-state index in [1.807, 2.05) is 36.2 Å². The van der Waals surface area contributed by atoms with E-state index in [0.717, 1.165) is 91.7 Å². The van der Waals surface area contributed by atoms with Crippen molar-refractivity contribution < 1.29 is 38.8 Å². The number of oxime groups is 1. The van der Waals surface area contributed by atoms with Crippen molar-refractivity contribution in [1.82, 2.24) is 4.90 Å². The van der Waals surface area contributed by atoms with Crippen LogP contribution in [0.5, 0.6) is 17.2 Å². The molecule has 1 amide bonds. The molecule has 6 rings (SSSR count). The first kappa shape index (κ1) is 49.1. The Kier molecular flexibility index (Phi) is 19.8. The number of aliphatic hydroxyl groups is 2. The van der Waals surface area contributed by atoms with Crippen LogP contribution in [0.15, 0.2) is 76.8 Å². The van der Waals surface area contributed by atoms with E-state index < -0.39 is 18.1 Å². The summed E-state index contributed by atoms with van der Waals surface area (Å²) < 4.78 is 27.0. The molecule has 11 heteroatoms. The maximum atomic E-state index is 14.5. The number of rotatable bonds is 27. The lowest BCUT2D eigenvalue weighted by atomic mass is 9.55. The number of thioether (sulfide) groups is 1. The number of likely N-dealkylation sites (N-methyl/N-ethyl adjacent to an activating group) is 1. The molecule has 2 aliphatic carbocycles. The molecule has 0 spiro atoms. The Morgan fingerprint density at radius 3 is 2.33 bits per heavy atom. The van der Waals surface area contributed by atoms with Gasteiger partial charge in [-0.15, -0.1) is 18.3 Å². The molecule has 63 heavy (non-hydrogen) atoms. The predicted octanol–water partition coefficient (Wildman–Crippen LogP) is 11.7. The Morgan fingerprint density at radius 1 is 0.937 bits per heavy atom. The second-order valence-corrected chi connectivity index (χ2v) is 18.9. The standard InChI is InChI=1S/C52H76N2O8S/c1-5-7-8-9-10-11-12-13-14-23-48(57)54(3)47-37-45(53-62-49-24-17-20-34-58-49)43-35-38(21-15-18-31-55)42(22-16-19-32-56)50-44-36-40(60-39-25-28-41(63-4)29-26-39)27-30-46(44)61-52(47,51(43)50)59-33-6-2/h6,25-30,35-36,38,42,47,49-51,55-56H,2,5,7-24,31-34,37H2,1,3-4H3. The predicted molar refractivity (Wildman–Crippen MR) is 253 cm³/mol. The molecular weight excluding hydrogens is 813 g/mol. The van der Waals surface area contributed by atoms with E-state index >= 15 is 0 Å². The Balaban J connectivity index is 1.43. The van der Waals surface area contributed by atoms with Gasteiger partial charge in [-0.3, -0.25) is 4.79 Å². The van der Waals surface area contributed by atoms with E-state index in [-0.39, 0.29) is 49.4 Å². The normalized spacial score (nSPS) is 25.7. The molecule has 0 bridgehead atoms. The molecule has 2 aliphatic heterocycles. The minimum absolute atomic E-state index is 0.0622. The molecule has 10 nitrogen and oxygen atoms in total. The van der Waals surface area contributed by atoms with Gasteiger partial charge in [-0.25, -0.2) is 0 Å². The molecule has 4 aliphatic rings. The minimum atomic E-state index is -1.28. The van der Waals surface area contributed by atoms with Crippen molar-refractivity contribution in [3.63, 3.8) is 0 Å². The molecule has 2 fully saturated rings. The molecule has 0 aromatic heterocycles. The molecule has 2 aromatic rings. The number of carbonyl (C=O) groups is 1. The Bertz CT molecular complexity index is 1780. The highest BCUT2D eigenvalue weighted by Gasteiger charge is 2.65. The molecule has 2 aromatic carbocycles. The number of unbranched alkanes of at least 4 members (excludes halogenated alkanes) is 10. The molecule has 7 atom stereocenters. The van der Waals surface area contributed by atoms with E-state index in [0.29, 0.717) is 43.8 Å². The van der Waals surface area contributed by atoms with E-state index in [2.05, 4.69) is 44.0 Å². The number of nitrogens with zero attached hydrogens (tertiary/aromatic N) is 2. The van der Waals surface area contributed by atoms with Crippen molar-refractivity contribution in [3.05, 3.63) is 72.3 Å². The number of ether oxygens (including phenoxy) is 4. The highest BCUT2D eigenvalue weighted by atomic mass is 32.2. The number of benzene rings is 2. The van der Waals surface area contributed by atoms with Gasteiger partial charge in [0, 0.05) is 55.9 Å². The fourth-order valence-electron chi connectivity index (χ4n) is 10.4. The second-order valence-electron chi connectivity index (χ2n) is 18.0. The summed E-state index contributed by atoms with van der Waals surface area (Å²) >= 11 is 1.69. The van der Waals surface area contributed by atoms with Crippen molar-refractivity contribution in [2.24, 2.45) is 22.9 Å². The summed E-state index contributed by atoms with van der Waals surface area (Å²) in [4.78, 5) is 23.8. The molecule has 2 N–H and O–H groups in total. The molecule has 2 heterocycles. The van der Waals surface area contributed by atoms with Gasteiger partial charge in [0.25, 0.3) is 0 Å². The van der Waals surface area contributed by atoms with Crippen molar-refractivity contribution in [3.8, 4) is 17.2 Å². The smallest absolute Gasteiger partial charge is 0.239 e. The van der Waals surface area contributed by atoms with Crippen LogP contribution in [0.1, 0.15) is 147 Å². The zero-order valence-corrected chi connectivity index (χ0v) is 39.3. The summed E-state index contributed by atoms with van der Waals surface area (Å²) in [6, 6.07) is 13.7. The molecule has 7 unspecified atom stereocenters. The third-order valence-electron chi connectivity index (χ3n) is 13.7. The van der Waals surface area contributed by atoms with Gasteiger partial charge in [0.1, 0.15) is 23.3 Å². The van der Waals surface area contributed by atoms with E-state index in [1.165, 1.54) is 38.5 Å². The van der Waals surface area contributed by atoms with Gasteiger partial charge in [-0.2, -0.15) is 0 Å². The fraction of sp³-hybridized carbons (Fsp3) is 0.654. The Hall–Kier alpha value is -3.35.